The Bertz CT molecular complexity index is 786. The van der Waals surface area contributed by atoms with Crippen LogP contribution < -0.4 is 5.32 Å². The third-order valence-corrected chi connectivity index (χ3v) is 5.11. The second-order valence-corrected chi connectivity index (χ2v) is 7.90. The molecule has 4 heteroatoms. The Balaban J connectivity index is 2.26. The van der Waals surface area contributed by atoms with E-state index in [1.165, 1.54) is 6.92 Å². The molecule has 28 heavy (non-hydrogen) atoms. The molecule has 1 unspecified atom stereocenters. The van der Waals surface area contributed by atoms with E-state index in [2.05, 4.69) is 45.1 Å². The van der Waals surface area contributed by atoms with Gasteiger partial charge in [0.1, 0.15) is 6.54 Å². The average molecular weight is 381 g/mol. The normalized spacial score (nSPS) is 12.1. The van der Waals surface area contributed by atoms with E-state index in [4.69, 9.17) is 0 Å². The van der Waals surface area contributed by atoms with Crippen LogP contribution in [-0.2, 0) is 9.59 Å². The van der Waals surface area contributed by atoms with Crippen LogP contribution in [0.1, 0.15) is 76.1 Å². The maximum atomic E-state index is 12.9. The summed E-state index contributed by atoms with van der Waals surface area (Å²) in [5.74, 6) is 0.294. The van der Waals surface area contributed by atoms with E-state index < -0.39 is 0 Å². The molecule has 0 fully saturated rings. The Morgan fingerprint density at radius 3 is 1.86 bits per heavy atom. The van der Waals surface area contributed by atoms with Crippen LogP contribution in [0.15, 0.2) is 48.5 Å². The molecule has 2 amide bonds. The highest BCUT2D eigenvalue weighted by Crippen LogP contribution is 2.32. The fraction of sp³-hybridized carbons (Fsp3) is 0.417. The molecule has 2 aromatic carbocycles. The van der Waals surface area contributed by atoms with E-state index in [1.807, 2.05) is 43.3 Å². The van der Waals surface area contributed by atoms with Crippen molar-refractivity contribution in [3.05, 3.63) is 65.2 Å². The number of hydrogen-bond acceptors (Lipinski definition) is 2. The van der Waals surface area contributed by atoms with Crippen LogP contribution in [0.25, 0.3) is 0 Å². The zero-order valence-electron chi connectivity index (χ0n) is 17.8. The van der Waals surface area contributed by atoms with Gasteiger partial charge in [0.05, 0.1) is 6.04 Å². The van der Waals surface area contributed by atoms with Gasteiger partial charge in [-0.05, 0) is 35.4 Å². The quantitative estimate of drug-likeness (QED) is 0.691. The summed E-state index contributed by atoms with van der Waals surface area (Å²) in [6, 6.07) is 15.8. The predicted molar refractivity (Wildman–Crippen MR) is 115 cm³/mol. The van der Waals surface area contributed by atoms with Crippen molar-refractivity contribution >= 4 is 17.5 Å². The van der Waals surface area contributed by atoms with Crippen molar-refractivity contribution in [2.45, 2.75) is 59.4 Å². The summed E-state index contributed by atoms with van der Waals surface area (Å²) in [6.45, 7) is 12.0. The molecule has 2 rings (SSSR count). The lowest BCUT2D eigenvalue weighted by Gasteiger charge is -2.28. The van der Waals surface area contributed by atoms with Crippen LogP contribution in [0.4, 0.5) is 5.69 Å². The smallest absolute Gasteiger partial charge is 0.244 e. The third-order valence-electron chi connectivity index (χ3n) is 5.11. The first-order valence-electron chi connectivity index (χ1n) is 9.97. The topological polar surface area (TPSA) is 49.4 Å². The number of amides is 2. The first kappa shape index (κ1) is 21.7. The Hall–Kier alpha value is -2.62. The fourth-order valence-corrected chi connectivity index (χ4v) is 3.46. The van der Waals surface area contributed by atoms with Gasteiger partial charge in [0, 0.05) is 12.6 Å². The van der Waals surface area contributed by atoms with Gasteiger partial charge in [-0.1, -0.05) is 76.2 Å². The van der Waals surface area contributed by atoms with Gasteiger partial charge in [-0.15, -0.1) is 0 Å². The molecule has 0 spiro atoms. The van der Waals surface area contributed by atoms with Gasteiger partial charge in [0.25, 0.3) is 0 Å². The minimum atomic E-state index is -0.173. The Labute approximate surface area is 169 Å². The van der Waals surface area contributed by atoms with Gasteiger partial charge in [-0.3, -0.25) is 9.59 Å². The molecule has 0 aliphatic heterocycles. The Kier molecular flexibility index (Phi) is 7.38. The van der Waals surface area contributed by atoms with Crippen molar-refractivity contribution in [1.82, 2.24) is 4.90 Å². The van der Waals surface area contributed by atoms with Crippen molar-refractivity contribution in [3.8, 4) is 0 Å². The van der Waals surface area contributed by atoms with Crippen LogP contribution >= 0.6 is 0 Å². The number of nitrogens with zero attached hydrogens (tertiary/aromatic N) is 1. The molecule has 150 valence electrons. The number of hydrogen-bond donors (Lipinski definition) is 1. The largest absolute Gasteiger partial charge is 0.327 e. The van der Waals surface area contributed by atoms with Gasteiger partial charge in [-0.25, -0.2) is 0 Å². The first-order chi connectivity index (χ1) is 13.2. The average Bonchev–Trinajstić information content (AvgIpc) is 2.65. The molecular weight excluding hydrogens is 348 g/mol. The number of para-hydroxylation sites is 1. The zero-order valence-corrected chi connectivity index (χ0v) is 17.8. The van der Waals surface area contributed by atoms with Gasteiger partial charge < -0.3 is 10.2 Å². The Morgan fingerprint density at radius 2 is 1.39 bits per heavy atom. The minimum absolute atomic E-state index is 0.0232. The fourth-order valence-electron chi connectivity index (χ4n) is 3.46. The molecular formula is C24H32N2O2. The second-order valence-electron chi connectivity index (χ2n) is 7.90. The maximum absolute atomic E-state index is 12.9. The van der Waals surface area contributed by atoms with E-state index in [9.17, 15) is 9.59 Å². The molecule has 0 aliphatic rings. The van der Waals surface area contributed by atoms with Crippen LogP contribution in [0.2, 0.25) is 0 Å². The van der Waals surface area contributed by atoms with Crippen LogP contribution in [0.5, 0.6) is 0 Å². The number of anilines is 1. The van der Waals surface area contributed by atoms with Crippen molar-refractivity contribution in [3.63, 3.8) is 0 Å². The monoisotopic (exact) mass is 380 g/mol. The molecule has 0 heterocycles. The van der Waals surface area contributed by atoms with E-state index in [0.29, 0.717) is 11.8 Å². The lowest BCUT2D eigenvalue weighted by Crippen LogP contribution is -2.38. The van der Waals surface area contributed by atoms with E-state index >= 15 is 0 Å². The number of benzene rings is 2. The van der Waals surface area contributed by atoms with Gasteiger partial charge in [0.15, 0.2) is 0 Å². The Morgan fingerprint density at radius 1 is 0.857 bits per heavy atom. The van der Waals surface area contributed by atoms with Gasteiger partial charge >= 0.3 is 0 Å². The summed E-state index contributed by atoms with van der Waals surface area (Å²) in [7, 11) is 0. The summed E-state index contributed by atoms with van der Waals surface area (Å²) in [6.07, 6.45) is 0. The first-order valence-corrected chi connectivity index (χ1v) is 9.97. The summed E-state index contributed by atoms with van der Waals surface area (Å²) >= 11 is 0. The molecule has 0 aliphatic carbocycles. The molecule has 2 aromatic rings. The van der Waals surface area contributed by atoms with Gasteiger partial charge in [-0.2, -0.15) is 0 Å². The lowest BCUT2D eigenvalue weighted by molar-refractivity contribution is -0.134. The summed E-state index contributed by atoms with van der Waals surface area (Å²) < 4.78 is 0. The molecule has 0 saturated carbocycles. The number of rotatable bonds is 7. The SMILES string of the molecule is CC(=O)N(CC(=O)Nc1c(C(C)C)cccc1C(C)C)C(C)c1ccccc1. The number of carbonyl (C=O) groups is 2. The van der Waals surface area contributed by atoms with Crippen molar-refractivity contribution < 1.29 is 9.59 Å². The minimum Gasteiger partial charge on any atom is -0.327 e. The highest BCUT2D eigenvalue weighted by Gasteiger charge is 2.23. The van der Waals surface area contributed by atoms with E-state index in [0.717, 1.165) is 22.4 Å². The second kappa shape index (κ2) is 9.54. The lowest BCUT2D eigenvalue weighted by atomic mass is 9.92. The molecule has 0 aromatic heterocycles. The molecule has 0 bridgehead atoms. The summed E-state index contributed by atoms with van der Waals surface area (Å²) in [4.78, 5) is 26.8. The zero-order chi connectivity index (χ0) is 20.8. The van der Waals surface area contributed by atoms with E-state index in [1.54, 1.807) is 4.90 Å². The molecule has 0 saturated heterocycles. The maximum Gasteiger partial charge on any atom is 0.244 e. The standard InChI is InChI=1S/C24H32N2O2/c1-16(2)21-13-10-14-22(17(3)4)24(21)25-23(28)15-26(19(6)27)18(5)20-11-8-7-9-12-20/h7-14,16-18H,15H2,1-6H3,(H,25,28). The highest BCUT2D eigenvalue weighted by atomic mass is 16.2. The molecule has 4 nitrogen and oxygen atoms in total. The molecule has 0 radical (unpaired) electrons. The van der Waals surface area contributed by atoms with Crippen molar-refractivity contribution in [1.29, 1.82) is 0 Å². The van der Waals surface area contributed by atoms with Crippen LogP contribution in [-0.4, -0.2) is 23.3 Å². The predicted octanol–water partition coefficient (Wildman–Crippen LogP) is 5.48. The van der Waals surface area contributed by atoms with Gasteiger partial charge in [0.2, 0.25) is 11.8 Å². The molecule has 1 N–H and O–H groups in total. The van der Waals surface area contributed by atoms with Crippen LogP contribution in [0, 0.1) is 0 Å². The molecule has 1 atom stereocenters. The number of carbonyl (C=O) groups excluding carboxylic acids is 2. The summed E-state index contributed by atoms with van der Waals surface area (Å²) in [5, 5.41) is 3.10. The third kappa shape index (κ3) is 5.22. The van der Waals surface area contributed by atoms with Crippen molar-refractivity contribution in [2.24, 2.45) is 0 Å². The number of nitrogens with one attached hydrogen (secondary N) is 1. The van der Waals surface area contributed by atoms with Crippen LogP contribution in [0.3, 0.4) is 0 Å². The van der Waals surface area contributed by atoms with Crippen molar-refractivity contribution in [2.75, 3.05) is 11.9 Å². The summed E-state index contributed by atoms with van der Waals surface area (Å²) in [5.41, 5.74) is 4.12. The van der Waals surface area contributed by atoms with E-state index in [-0.39, 0.29) is 24.4 Å². The highest BCUT2D eigenvalue weighted by molar-refractivity contribution is 5.96.